The number of nitrogens with one attached hydrogen (secondary N) is 2. The van der Waals surface area contributed by atoms with Gasteiger partial charge in [-0.25, -0.2) is 9.78 Å². The van der Waals surface area contributed by atoms with Gasteiger partial charge in [-0.1, -0.05) is 30.3 Å². The summed E-state index contributed by atoms with van der Waals surface area (Å²) in [4.78, 5) is 31.3. The van der Waals surface area contributed by atoms with E-state index in [2.05, 4.69) is 41.2 Å². The fourth-order valence-electron chi connectivity index (χ4n) is 4.74. The van der Waals surface area contributed by atoms with Crippen LogP contribution >= 0.6 is 11.8 Å². The second kappa shape index (κ2) is 12.0. The second-order valence-electron chi connectivity index (χ2n) is 10.9. The number of para-hydroxylation sites is 1. The van der Waals surface area contributed by atoms with E-state index < -0.39 is 0 Å². The van der Waals surface area contributed by atoms with E-state index in [9.17, 15) is 9.59 Å². The third-order valence-corrected chi connectivity index (χ3v) is 7.53. The molecule has 4 rings (SSSR count). The van der Waals surface area contributed by atoms with Gasteiger partial charge >= 0.3 is 6.09 Å². The monoisotopic (exact) mass is 519 g/mol. The first-order chi connectivity index (χ1) is 17.7. The maximum absolute atomic E-state index is 13.3. The van der Waals surface area contributed by atoms with Gasteiger partial charge in [0.05, 0.1) is 23.4 Å². The number of alkyl carbamates (subject to hydrolysis) is 1. The van der Waals surface area contributed by atoms with E-state index in [1.165, 1.54) is 4.90 Å². The smallest absolute Gasteiger partial charge is 0.407 e. The Morgan fingerprint density at radius 1 is 1.00 bits per heavy atom. The molecule has 3 aromatic rings. The fraction of sp³-hybridized carbons (Fsp3) is 0.433. The van der Waals surface area contributed by atoms with Crippen LogP contribution in [-0.4, -0.2) is 41.9 Å². The number of carbonyl (C=O) groups excluding carboxylic acids is 2. The molecule has 2 N–H and O–H groups in total. The van der Waals surface area contributed by atoms with Gasteiger partial charge in [0, 0.05) is 27.9 Å². The molecule has 1 aliphatic rings. The van der Waals surface area contributed by atoms with Crippen molar-refractivity contribution in [3.63, 3.8) is 0 Å². The van der Waals surface area contributed by atoms with Gasteiger partial charge in [-0.15, -0.1) is 11.8 Å². The Kier molecular flexibility index (Phi) is 8.75. The van der Waals surface area contributed by atoms with Gasteiger partial charge in [-0.05, 0) is 88.8 Å². The number of benzene rings is 2. The van der Waals surface area contributed by atoms with Gasteiger partial charge in [0.2, 0.25) is 0 Å². The van der Waals surface area contributed by atoms with Gasteiger partial charge in [0.1, 0.15) is 0 Å². The SMILES string of the molecule is CSc1ccc(-c2cc(C(=O)NCC3CCC(COC(=O)NC(C)(C)C)CC3)c3ccccc3n2)cc1. The summed E-state index contributed by atoms with van der Waals surface area (Å²) in [5.74, 6) is 0.738. The highest BCUT2D eigenvalue weighted by Gasteiger charge is 2.24. The average molecular weight is 520 g/mol. The van der Waals surface area contributed by atoms with E-state index >= 15 is 0 Å². The number of aromatic nitrogens is 1. The number of ether oxygens (including phenoxy) is 1. The average Bonchev–Trinajstić information content (AvgIpc) is 2.89. The summed E-state index contributed by atoms with van der Waals surface area (Å²) in [5.41, 5.74) is 2.96. The zero-order chi connectivity index (χ0) is 26.4. The number of hydrogen-bond donors (Lipinski definition) is 2. The van der Waals surface area contributed by atoms with Gasteiger partial charge in [0.15, 0.2) is 0 Å². The van der Waals surface area contributed by atoms with Crippen LogP contribution in [-0.2, 0) is 4.74 Å². The lowest BCUT2D eigenvalue weighted by Crippen LogP contribution is -2.41. The Bertz CT molecular complexity index is 1230. The highest BCUT2D eigenvalue weighted by molar-refractivity contribution is 7.98. The summed E-state index contributed by atoms with van der Waals surface area (Å²) >= 11 is 1.70. The van der Waals surface area contributed by atoms with Crippen molar-refractivity contribution in [2.75, 3.05) is 19.4 Å². The topological polar surface area (TPSA) is 80.3 Å². The molecule has 6 nitrogen and oxygen atoms in total. The number of nitrogens with zero attached hydrogens (tertiary/aromatic N) is 1. The third kappa shape index (κ3) is 7.48. The van der Waals surface area contributed by atoms with Crippen LogP contribution in [0.1, 0.15) is 56.8 Å². The number of fused-ring (bicyclic) bond motifs is 1. The summed E-state index contributed by atoms with van der Waals surface area (Å²) < 4.78 is 5.42. The van der Waals surface area contributed by atoms with E-state index in [1.807, 2.05) is 51.1 Å². The Morgan fingerprint density at radius 3 is 2.35 bits per heavy atom. The van der Waals surface area contributed by atoms with Crippen molar-refractivity contribution in [3.8, 4) is 11.3 Å². The molecule has 0 aliphatic heterocycles. The van der Waals surface area contributed by atoms with Crippen LogP contribution in [0.25, 0.3) is 22.2 Å². The predicted molar refractivity (Wildman–Crippen MR) is 151 cm³/mol. The van der Waals surface area contributed by atoms with Crippen molar-refractivity contribution < 1.29 is 14.3 Å². The molecule has 0 radical (unpaired) electrons. The molecule has 196 valence electrons. The number of rotatable bonds is 7. The van der Waals surface area contributed by atoms with Crippen LogP contribution in [0.4, 0.5) is 4.79 Å². The molecule has 0 spiro atoms. The van der Waals surface area contributed by atoms with Gasteiger partial charge in [-0.3, -0.25) is 4.79 Å². The minimum atomic E-state index is -0.356. The first kappa shape index (κ1) is 27.0. The molecular weight excluding hydrogens is 482 g/mol. The van der Waals surface area contributed by atoms with Crippen molar-refractivity contribution >= 4 is 34.7 Å². The quantitative estimate of drug-likeness (QED) is 0.340. The van der Waals surface area contributed by atoms with Crippen molar-refractivity contribution in [2.45, 2.75) is 56.9 Å². The molecule has 1 fully saturated rings. The molecule has 2 aromatic carbocycles. The lowest BCUT2D eigenvalue weighted by molar-refractivity contribution is 0.0916. The Balaban J connectivity index is 1.35. The molecule has 1 saturated carbocycles. The maximum atomic E-state index is 13.3. The van der Waals surface area contributed by atoms with Crippen LogP contribution < -0.4 is 10.6 Å². The van der Waals surface area contributed by atoms with Crippen LogP contribution in [0.5, 0.6) is 0 Å². The molecule has 1 heterocycles. The van der Waals surface area contributed by atoms with Crippen LogP contribution in [0.2, 0.25) is 0 Å². The number of hydrogen-bond acceptors (Lipinski definition) is 5. The summed E-state index contributed by atoms with van der Waals surface area (Å²) in [6, 6.07) is 18.0. The van der Waals surface area contributed by atoms with Gasteiger partial charge in [-0.2, -0.15) is 0 Å². The fourth-order valence-corrected chi connectivity index (χ4v) is 5.15. The minimum absolute atomic E-state index is 0.0649. The molecule has 0 saturated heterocycles. The number of carbonyl (C=O) groups is 2. The van der Waals surface area contributed by atoms with Gasteiger partial charge in [0.25, 0.3) is 5.91 Å². The second-order valence-corrected chi connectivity index (χ2v) is 11.8. The van der Waals surface area contributed by atoms with Crippen molar-refractivity contribution in [3.05, 3.63) is 60.2 Å². The van der Waals surface area contributed by atoms with E-state index in [4.69, 9.17) is 9.72 Å². The number of pyridine rings is 1. The van der Waals surface area contributed by atoms with E-state index in [-0.39, 0.29) is 17.5 Å². The maximum Gasteiger partial charge on any atom is 0.407 e. The standard InChI is InChI=1S/C30H37N3O3S/c1-30(2,3)33-29(35)36-19-21-11-9-20(10-12-21)18-31-28(34)25-17-27(22-13-15-23(37-4)16-14-22)32-26-8-6-5-7-24(25)26/h5-8,13-17,20-21H,9-12,18-19H2,1-4H3,(H,31,34)(H,33,35). The first-order valence-corrected chi connectivity index (χ1v) is 14.2. The molecule has 37 heavy (non-hydrogen) atoms. The predicted octanol–water partition coefficient (Wildman–Crippen LogP) is 6.68. The lowest BCUT2D eigenvalue weighted by atomic mass is 9.82. The zero-order valence-electron chi connectivity index (χ0n) is 22.2. The molecule has 1 aliphatic carbocycles. The third-order valence-electron chi connectivity index (χ3n) is 6.79. The summed E-state index contributed by atoms with van der Waals surface area (Å²) in [6.07, 6.45) is 5.72. The van der Waals surface area contributed by atoms with E-state index in [1.54, 1.807) is 11.8 Å². The molecule has 0 bridgehead atoms. The Labute approximate surface area is 224 Å². The molecule has 0 unspecified atom stereocenters. The number of thioether (sulfide) groups is 1. The minimum Gasteiger partial charge on any atom is -0.449 e. The molecule has 1 aromatic heterocycles. The molecule has 0 atom stereocenters. The van der Waals surface area contributed by atoms with E-state index in [0.717, 1.165) is 47.8 Å². The highest BCUT2D eigenvalue weighted by Crippen LogP contribution is 2.30. The molecule has 2 amide bonds. The Hall–Kier alpha value is -3.06. The molecular formula is C30H37N3O3S. The van der Waals surface area contributed by atoms with Crippen LogP contribution in [0.15, 0.2) is 59.5 Å². The Morgan fingerprint density at radius 2 is 1.68 bits per heavy atom. The van der Waals surface area contributed by atoms with Gasteiger partial charge < -0.3 is 15.4 Å². The number of amides is 2. The zero-order valence-corrected chi connectivity index (χ0v) is 23.0. The summed E-state index contributed by atoms with van der Waals surface area (Å²) in [7, 11) is 0. The van der Waals surface area contributed by atoms with Crippen molar-refractivity contribution in [1.82, 2.24) is 15.6 Å². The van der Waals surface area contributed by atoms with Crippen molar-refractivity contribution in [2.24, 2.45) is 11.8 Å². The summed E-state index contributed by atoms with van der Waals surface area (Å²) in [6.45, 7) is 6.90. The van der Waals surface area contributed by atoms with Crippen molar-refractivity contribution in [1.29, 1.82) is 0 Å². The highest BCUT2D eigenvalue weighted by atomic mass is 32.2. The first-order valence-electron chi connectivity index (χ1n) is 13.0. The largest absolute Gasteiger partial charge is 0.449 e. The summed E-state index contributed by atoms with van der Waals surface area (Å²) in [5, 5.41) is 6.88. The van der Waals surface area contributed by atoms with Crippen LogP contribution in [0, 0.1) is 11.8 Å². The van der Waals surface area contributed by atoms with E-state index in [0.29, 0.717) is 30.6 Å². The normalized spacial score (nSPS) is 17.8. The van der Waals surface area contributed by atoms with Crippen LogP contribution in [0.3, 0.4) is 0 Å². The molecule has 7 heteroatoms. The lowest BCUT2D eigenvalue weighted by Gasteiger charge is -2.29.